The predicted molar refractivity (Wildman–Crippen MR) is 62.6 cm³/mol. The third kappa shape index (κ3) is 3.57. The van der Waals surface area contributed by atoms with Crippen LogP contribution in [0.2, 0.25) is 6.04 Å². The molecule has 1 aliphatic rings. The third-order valence-corrected chi connectivity index (χ3v) is 5.46. The second kappa shape index (κ2) is 6.22. The van der Waals surface area contributed by atoms with Crippen molar-refractivity contribution < 1.29 is 13.3 Å². The second-order valence-electron chi connectivity index (χ2n) is 3.59. The van der Waals surface area contributed by atoms with Crippen LogP contribution in [0.3, 0.4) is 0 Å². The Labute approximate surface area is 93.1 Å². The van der Waals surface area contributed by atoms with Gasteiger partial charge in [0, 0.05) is 32.8 Å². The molecule has 0 aromatic heterocycles. The average Bonchev–Trinajstić information content (AvgIpc) is 2.77. The molecular formula is C11H20O3Si. The van der Waals surface area contributed by atoms with Crippen LogP contribution in [-0.4, -0.2) is 29.6 Å². The molecule has 0 unspecified atom stereocenters. The number of hydrogen-bond acceptors (Lipinski definition) is 3. The summed E-state index contributed by atoms with van der Waals surface area (Å²) in [6.07, 6.45) is 9.34. The van der Waals surface area contributed by atoms with Gasteiger partial charge in [0.2, 0.25) is 0 Å². The normalized spacial score (nSPS) is 16.5. The molecule has 0 saturated heterocycles. The van der Waals surface area contributed by atoms with E-state index in [1.807, 2.05) is 12.2 Å². The zero-order valence-electron chi connectivity index (χ0n) is 9.73. The summed E-state index contributed by atoms with van der Waals surface area (Å²) in [5, 5.41) is 0. The average molecular weight is 228 g/mol. The molecule has 0 bridgehead atoms. The van der Waals surface area contributed by atoms with Crippen LogP contribution in [0.5, 0.6) is 0 Å². The van der Waals surface area contributed by atoms with Gasteiger partial charge in [-0.15, -0.1) is 0 Å². The first-order chi connectivity index (χ1) is 7.26. The SMILES string of the molecule is CCC[Si](OC)(OC)OCC1C=CC=C1. The van der Waals surface area contributed by atoms with E-state index in [9.17, 15) is 0 Å². The van der Waals surface area contributed by atoms with Crippen LogP contribution in [0.4, 0.5) is 0 Å². The molecule has 15 heavy (non-hydrogen) atoms. The predicted octanol–water partition coefficient (Wildman–Crippen LogP) is 2.39. The molecule has 0 radical (unpaired) electrons. The maximum absolute atomic E-state index is 5.84. The summed E-state index contributed by atoms with van der Waals surface area (Å²) in [6.45, 7) is 2.76. The minimum Gasteiger partial charge on any atom is -0.377 e. The topological polar surface area (TPSA) is 27.7 Å². The largest absolute Gasteiger partial charge is 0.500 e. The van der Waals surface area contributed by atoms with Crippen molar-refractivity contribution >= 4 is 8.80 Å². The van der Waals surface area contributed by atoms with Gasteiger partial charge in [-0.25, -0.2) is 0 Å². The van der Waals surface area contributed by atoms with Gasteiger partial charge in [-0.2, -0.15) is 0 Å². The van der Waals surface area contributed by atoms with Crippen LogP contribution in [0, 0.1) is 5.92 Å². The lowest BCUT2D eigenvalue weighted by molar-refractivity contribution is 0.0930. The second-order valence-corrected chi connectivity index (χ2v) is 6.56. The van der Waals surface area contributed by atoms with E-state index in [2.05, 4.69) is 19.1 Å². The molecule has 4 heteroatoms. The zero-order valence-corrected chi connectivity index (χ0v) is 10.7. The van der Waals surface area contributed by atoms with E-state index in [-0.39, 0.29) is 0 Å². The molecule has 1 rings (SSSR count). The van der Waals surface area contributed by atoms with Gasteiger partial charge in [0.15, 0.2) is 0 Å². The Morgan fingerprint density at radius 1 is 1.13 bits per heavy atom. The molecule has 3 nitrogen and oxygen atoms in total. The van der Waals surface area contributed by atoms with Crippen molar-refractivity contribution in [1.82, 2.24) is 0 Å². The zero-order chi connectivity index (χ0) is 11.1. The minimum atomic E-state index is -2.38. The molecule has 0 saturated carbocycles. The highest BCUT2D eigenvalue weighted by Crippen LogP contribution is 2.19. The molecule has 0 heterocycles. The fourth-order valence-corrected chi connectivity index (χ4v) is 3.61. The summed E-state index contributed by atoms with van der Waals surface area (Å²) in [6, 6.07) is 0.875. The van der Waals surface area contributed by atoms with Gasteiger partial charge in [-0.1, -0.05) is 37.6 Å². The quantitative estimate of drug-likeness (QED) is 0.626. The minimum absolute atomic E-state index is 0.374. The Bertz CT molecular complexity index is 222. The third-order valence-electron chi connectivity index (χ3n) is 2.50. The fraction of sp³-hybridized carbons (Fsp3) is 0.636. The standard InChI is InChI=1S/C11H20O3Si/c1-4-9-15(12-2,13-3)14-10-11-7-5-6-8-11/h5-8,11H,4,9-10H2,1-3H3. The van der Waals surface area contributed by atoms with Crippen LogP contribution in [0.15, 0.2) is 24.3 Å². The van der Waals surface area contributed by atoms with E-state index in [4.69, 9.17) is 13.3 Å². The Morgan fingerprint density at radius 2 is 1.73 bits per heavy atom. The monoisotopic (exact) mass is 228 g/mol. The molecule has 0 aliphatic heterocycles. The van der Waals surface area contributed by atoms with Crippen LogP contribution in [0.25, 0.3) is 0 Å². The van der Waals surface area contributed by atoms with Gasteiger partial charge in [0.1, 0.15) is 0 Å². The van der Waals surface area contributed by atoms with Crippen molar-refractivity contribution in [3.05, 3.63) is 24.3 Å². The highest BCUT2D eigenvalue weighted by Gasteiger charge is 2.38. The lowest BCUT2D eigenvalue weighted by atomic mass is 10.2. The van der Waals surface area contributed by atoms with Crippen molar-refractivity contribution in [2.24, 2.45) is 5.92 Å². The van der Waals surface area contributed by atoms with Gasteiger partial charge in [0.25, 0.3) is 0 Å². The molecular weight excluding hydrogens is 208 g/mol. The van der Waals surface area contributed by atoms with Crippen LogP contribution in [-0.2, 0) is 13.3 Å². The summed E-state index contributed by atoms with van der Waals surface area (Å²) in [7, 11) is 0.966. The molecule has 0 atom stereocenters. The van der Waals surface area contributed by atoms with Crippen LogP contribution >= 0.6 is 0 Å². The highest BCUT2D eigenvalue weighted by atomic mass is 28.4. The molecule has 0 aromatic carbocycles. The van der Waals surface area contributed by atoms with E-state index < -0.39 is 8.80 Å². The maximum Gasteiger partial charge on any atom is 0.500 e. The molecule has 0 spiro atoms. The van der Waals surface area contributed by atoms with Gasteiger partial charge in [0.05, 0.1) is 0 Å². The first-order valence-electron chi connectivity index (χ1n) is 5.35. The van der Waals surface area contributed by atoms with Gasteiger partial charge in [-0.3, -0.25) is 0 Å². The first kappa shape index (κ1) is 12.6. The molecule has 1 aliphatic carbocycles. The molecule has 86 valence electrons. The van der Waals surface area contributed by atoms with Gasteiger partial charge >= 0.3 is 8.80 Å². The summed E-state index contributed by atoms with van der Waals surface area (Å²) < 4.78 is 16.7. The smallest absolute Gasteiger partial charge is 0.377 e. The van der Waals surface area contributed by atoms with Gasteiger partial charge in [-0.05, 0) is 0 Å². The molecule has 0 aromatic rings. The Morgan fingerprint density at radius 3 is 2.20 bits per heavy atom. The van der Waals surface area contributed by atoms with Crippen molar-refractivity contribution in [1.29, 1.82) is 0 Å². The van der Waals surface area contributed by atoms with Crippen LogP contribution < -0.4 is 0 Å². The lowest BCUT2D eigenvalue weighted by Crippen LogP contribution is -2.44. The van der Waals surface area contributed by atoms with Crippen molar-refractivity contribution in [2.45, 2.75) is 19.4 Å². The summed E-state index contributed by atoms with van der Waals surface area (Å²) in [5.74, 6) is 0.374. The molecule has 0 fully saturated rings. The molecule has 0 amide bonds. The molecule has 0 N–H and O–H groups in total. The van der Waals surface area contributed by atoms with Crippen molar-refractivity contribution in [3.63, 3.8) is 0 Å². The Kier molecular flexibility index (Phi) is 5.25. The Hall–Kier alpha value is -0.423. The van der Waals surface area contributed by atoms with E-state index >= 15 is 0 Å². The lowest BCUT2D eigenvalue weighted by Gasteiger charge is -2.26. The number of hydrogen-bond donors (Lipinski definition) is 0. The van der Waals surface area contributed by atoms with Crippen molar-refractivity contribution in [2.75, 3.05) is 20.8 Å². The van der Waals surface area contributed by atoms with E-state index in [1.165, 1.54) is 0 Å². The van der Waals surface area contributed by atoms with E-state index in [1.54, 1.807) is 14.2 Å². The fourth-order valence-electron chi connectivity index (χ4n) is 1.60. The first-order valence-corrected chi connectivity index (χ1v) is 7.28. The summed E-state index contributed by atoms with van der Waals surface area (Å²) in [5.41, 5.74) is 0. The Balaban J connectivity index is 2.42. The highest BCUT2D eigenvalue weighted by molar-refractivity contribution is 6.60. The summed E-state index contributed by atoms with van der Waals surface area (Å²) in [4.78, 5) is 0. The van der Waals surface area contributed by atoms with E-state index in [0.717, 1.165) is 12.5 Å². The van der Waals surface area contributed by atoms with E-state index in [0.29, 0.717) is 12.5 Å². The van der Waals surface area contributed by atoms with Gasteiger partial charge < -0.3 is 13.3 Å². The number of rotatable bonds is 7. The van der Waals surface area contributed by atoms with Crippen LogP contribution in [0.1, 0.15) is 13.3 Å². The summed E-state index contributed by atoms with van der Waals surface area (Å²) >= 11 is 0. The van der Waals surface area contributed by atoms with Crippen molar-refractivity contribution in [3.8, 4) is 0 Å². The maximum atomic E-state index is 5.84. The number of allylic oxidation sites excluding steroid dienone is 2.